The third kappa shape index (κ3) is 6.08. The Morgan fingerprint density at radius 2 is 1.82 bits per heavy atom. The van der Waals surface area contributed by atoms with Crippen molar-refractivity contribution in [2.75, 3.05) is 20.3 Å². The molecular formula is C12H17O4Si. The third-order valence-electron chi connectivity index (χ3n) is 1.74. The maximum absolute atomic E-state index is 11.2. The van der Waals surface area contributed by atoms with E-state index in [4.69, 9.17) is 4.74 Å². The van der Waals surface area contributed by atoms with Crippen molar-refractivity contribution in [2.24, 2.45) is 0 Å². The first-order valence-corrected chi connectivity index (χ1v) is 5.70. The number of rotatable bonds is 4. The maximum Gasteiger partial charge on any atom is 0.341 e. The molecular weight excluding hydrogens is 236 g/mol. The molecule has 17 heavy (non-hydrogen) atoms. The van der Waals surface area contributed by atoms with Gasteiger partial charge in [0.05, 0.1) is 13.7 Å². The molecule has 93 valence electrons. The van der Waals surface area contributed by atoms with E-state index in [1.807, 2.05) is 19.9 Å². The molecule has 0 atom stereocenters. The van der Waals surface area contributed by atoms with Crippen molar-refractivity contribution >= 4 is 16.5 Å². The molecule has 1 aromatic rings. The summed E-state index contributed by atoms with van der Waals surface area (Å²) in [4.78, 5) is 11.2. The lowest BCUT2D eigenvalue weighted by atomic mass is 10.2. The molecule has 0 amide bonds. The predicted octanol–water partition coefficient (Wildman–Crippen LogP) is 1.98. The molecule has 0 bridgehead atoms. The summed E-state index contributed by atoms with van der Waals surface area (Å²) in [5, 5.41) is 0. The number of methoxy groups -OCH3 is 1. The topological polar surface area (TPSA) is 44.8 Å². The van der Waals surface area contributed by atoms with E-state index in [1.54, 1.807) is 18.2 Å². The van der Waals surface area contributed by atoms with E-state index in [1.165, 1.54) is 7.11 Å². The van der Waals surface area contributed by atoms with E-state index in [0.29, 0.717) is 17.9 Å². The first-order chi connectivity index (χ1) is 8.21. The lowest BCUT2D eigenvalue weighted by molar-refractivity contribution is 0.0596. The van der Waals surface area contributed by atoms with Gasteiger partial charge in [-0.2, -0.15) is 0 Å². The molecule has 0 aliphatic carbocycles. The Labute approximate surface area is 105 Å². The van der Waals surface area contributed by atoms with Crippen molar-refractivity contribution in [3.05, 3.63) is 29.8 Å². The van der Waals surface area contributed by atoms with Crippen molar-refractivity contribution in [1.29, 1.82) is 0 Å². The highest BCUT2D eigenvalue weighted by Gasteiger charge is 2.10. The van der Waals surface area contributed by atoms with Gasteiger partial charge in [0.2, 0.25) is 10.5 Å². The largest absolute Gasteiger partial charge is 0.493 e. The Morgan fingerprint density at radius 1 is 1.24 bits per heavy atom. The lowest BCUT2D eigenvalue weighted by Crippen LogP contribution is -2.05. The minimum Gasteiger partial charge on any atom is -0.493 e. The monoisotopic (exact) mass is 253 g/mol. The second-order valence-corrected chi connectivity index (χ2v) is 3.14. The minimum absolute atomic E-state index is 0.371. The summed E-state index contributed by atoms with van der Waals surface area (Å²) in [6, 6.07) is 7.01. The van der Waals surface area contributed by atoms with Crippen molar-refractivity contribution in [3.8, 4) is 5.75 Å². The number of ether oxygens (including phenoxy) is 2. The summed E-state index contributed by atoms with van der Waals surface area (Å²) >= 11 is 0. The molecule has 0 aromatic heterocycles. The summed E-state index contributed by atoms with van der Waals surface area (Å²) in [7, 11) is 4.14. The summed E-state index contributed by atoms with van der Waals surface area (Å²) in [5.41, 5.74) is 0.465. The van der Waals surface area contributed by atoms with Crippen molar-refractivity contribution in [2.45, 2.75) is 13.8 Å². The highest BCUT2D eigenvalue weighted by Crippen LogP contribution is 2.18. The normalized spacial score (nSPS) is 8.94. The minimum atomic E-state index is -0.371. The summed E-state index contributed by atoms with van der Waals surface area (Å²) in [6.45, 7) is 5.05. The average Bonchev–Trinajstić information content (AvgIpc) is 2.39. The molecule has 0 aliphatic heterocycles. The van der Waals surface area contributed by atoms with Crippen LogP contribution in [-0.4, -0.2) is 36.8 Å². The van der Waals surface area contributed by atoms with Crippen LogP contribution >= 0.6 is 0 Å². The summed E-state index contributed by atoms with van der Waals surface area (Å²) < 4.78 is 14.2. The standard InChI is InChI=1S/C10H12O3.C2H5OSi/c1-3-13-9-7-5-4-6-8(9)10(11)12-2;1-2-3-4/h4-7H,3H2,1-2H3;2H2,1H3. The first kappa shape index (κ1) is 15.7. The molecule has 0 saturated carbocycles. The van der Waals surface area contributed by atoms with Gasteiger partial charge in [-0.3, -0.25) is 0 Å². The maximum atomic E-state index is 11.2. The molecule has 0 N–H and O–H groups in total. The number of carbonyl (C=O) groups is 1. The van der Waals surface area contributed by atoms with E-state index < -0.39 is 0 Å². The third-order valence-corrected chi connectivity index (χ3v) is 2.03. The van der Waals surface area contributed by atoms with Crippen LogP contribution in [0.5, 0.6) is 5.75 Å². The van der Waals surface area contributed by atoms with Crippen molar-refractivity contribution in [1.82, 2.24) is 0 Å². The highest BCUT2D eigenvalue weighted by atomic mass is 28.2. The fourth-order valence-electron chi connectivity index (χ4n) is 1.03. The van der Waals surface area contributed by atoms with Gasteiger partial charge < -0.3 is 13.9 Å². The zero-order valence-electron chi connectivity index (χ0n) is 10.4. The van der Waals surface area contributed by atoms with Gasteiger partial charge in [0.1, 0.15) is 11.3 Å². The average molecular weight is 253 g/mol. The van der Waals surface area contributed by atoms with Gasteiger partial charge in [-0.1, -0.05) is 12.1 Å². The van der Waals surface area contributed by atoms with Crippen LogP contribution in [0.2, 0.25) is 0 Å². The van der Waals surface area contributed by atoms with Crippen LogP contribution in [0, 0.1) is 0 Å². The van der Waals surface area contributed by atoms with Crippen LogP contribution in [0.1, 0.15) is 24.2 Å². The van der Waals surface area contributed by atoms with Gasteiger partial charge in [-0.15, -0.1) is 0 Å². The van der Waals surface area contributed by atoms with Gasteiger partial charge in [-0.25, -0.2) is 4.79 Å². The molecule has 4 nitrogen and oxygen atoms in total. The molecule has 1 rings (SSSR count). The van der Waals surface area contributed by atoms with E-state index in [2.05, 4.69) is 19.6 Å². The van der Waals surface area contributed by atoms with Gasteiger partial charge in [0, 0.05) is 6.61 Å². The Morgan fingerprint density at radius 3 is 2.29 bits per heavy atom. The number of esters is 1. The Bertz CT molecular complexity index is 326. The Hall–Kier alpha value is -1.33. The molecule has 0 aliphatic rings. The zero-order chi connectivity index (χ0) is 13.1. The lowest BCUT2D eigenvalue weighted by Gasteiger charge is -2.07. The first-order valence-electron chi connectivity index (χ1n) is 5.29. The van der Waals surface area contributed by atoms with E-state index in [0.717, 1.165) is 6.61 Å². The number of carbonyl (C=O) groups excluding carboxylic acids is 1. The Kier molecular flexibility index (Phi) is 9.09. The fourth-order valence-corrected chi connectivity index (χ4v) is 1.03. The van der Waals surface area contributed by atoms with Crippen LogP contribution < -0.4 is 4.74 Å². The van der Waals surface area contributed by atoms with Crippen LogP contribution in [0.15, 0.2) is 24.3 Å². The quantitative estimate of drug-likeness (QED) is 0.608. The second-order valence-electron chi connectivity index (χ2n) is 2.85. The summed E-state index contributed by atoms with van der Waals surface area (Å²) in [6.07, 6.45) is 0. The molecule has 1 aromatic carbocycles. The molecule has 0 unspecified atom stereocenters. The smallest absolute Gasteiger partial charge is 0.341 e. The van der Waals surface area contributed by atoms with Crippen LogP contribution in [0.4, 0.5) is 0 Å². The van der Waals surface area contributed by atoms with Crippen molar-refractivity contribution in [3.63, 3.8) is 0 Å². The molecule has 3 radical (unpaired) electrons. The van der Waals surface area contributed by atoms with E-state index in [-0.39, 0.29) is 5.97 Å². The SMILES string of the molecule is CCO[Si].CCOc1ccccc1C(=O)OC. The van der Waals surface area contributed by atoms with Crippen LogP contribution in [0.25, 0.3) is 0 Å². The van der Waals surface area contributed by atoms with Gasteiger partial charge in [0.25, 0.3) is 0 Å². The molecule has 0 fully saturated rings. The van der Waals surface area contributed by atoms with Gasteiger partial charge in [-0.05, 0) is 26.0 Å². The van der Waals surface area contributed by atoms with E-state index in [9.17, 15) is 4.79 Å². The predicted molar refractivity (Wildman–Crippen MR) is 66.3 cm³/mol. The number of hydrogen-bond donors (Lipinski definition) is 0. The van der Waals surface area contributed by atoms with Crippen LogP contribution in [0.3, 0.4) is 0 Å². The summed E-state index contributed by atoms with van der Waals surface area (Å²) in [5.74, 6) is 0.195. The van der Waals surface area contributed by atoms with Gasteiger partial charge in [0.15, 0.2) is 0 Å². The number of hydrogen-bond acceptors (Lipinski definition) is 4. The zero-order valence-corrected chi connectivity index (χ0v) is 11.4. The number of para-hydroxylation sites is 1. The molecule has 0 spiro atoms. The van der Waals surface area contributed by atoms with Crippen molar-refractivity contribution < 1.29 is 18.7 Å². The highest BCUT2D eigenvalue weighted by molar-refractivity contribution is 5.97. The van der Waals surface area contributed by atoms with Gasteiger partial charge >= 0.3 is 5.97 Å². The molecule has 5 heteroatoms. The fraction of sp³-hybridized carbons (Fsp3) is 0.417. The number of benzene rings is 1. The van der Waals surface area contributed by atoms with E-state index >= 15 is 0 Å². The van der Waals surface area contributed by atoms with Crippen LogP contribution in [-0.2, 0) is 9.16 Å². The molecule has 0 heterocycles. The second kappa shape index (κ2) is 9.86. The molecule has 0 saturated heterocycles. The Balaban J connectivity index is 0.000000557.